The molecule has 1 aliphatic carbocycles. The molecule has 4 heteroatoms. The fourth-order valence-electron chi connectivity index (χ4n) is 3.75. The van der Waals surface area contributed by atoms with Crippen molar-refractivity contribution in [3.05, 3.63) is 63.2 Å². The van der Waals surface area contributed by atoms with Gasteiger partial charge in [-0.05, 0) is 73.4 Å². The van der Waals surface area contributed by atoms with Crippen LogP contribution in [0.25, 0.3) is 5.83 Å². The van der Waals surface area contributed by atoms with Crippen LogP contribution in [-0.4, -0.2) is 13.1 Å². The number of esters is 1. The predicted octanol–water partition coefficient (Wildman–Crippen LogP) is 6.91. The number of methoxy groups -OCH3 is 1. The Balaban J connectivity index is 2.46. The van der Waals surface area contributed by atoms with Crippen LogP contribution in [0.2, 0.25) is 5.02 Å². The van der Waals surface area contributed by atoms with Crippen molar-refractivity contribution in [2.45, 2.75) is 47.0 Å². The lowest BCUT2D eigenvalue weighted by atomic mass is 9.69. The van der Waals surface area contributed by atoms with Gasteiger partial charge < -0.3 is 4.74 Å². The van der Waals surface area contributed by atoms with Crippen molar-refractivity contribution in [2.24, 2.45) is 5.41 Å². The molecule has 1 aliphatic rings. The molecule has 0 fully saturated rings. The second-order valence-electron chi connectivity index (χ2n) is 7.50. The topological polar surface area (TPSA) is 26.3 Å². The Kier molecular flexibility index (Phi) is 6.13. The minimum absolute atomic E-state index is 0.0283. The Morgan fingerprint density at radius 2 is 2.00 bits per heavy atom. The van der Waals surface area contributed by atoms with Crippen LogP contribution >= 0.6 is 11.6 Å². The second-order valence-corrected chi connectivity index (χ2v) is 7.90. The van der Waals surface area contributed by atoms with Crippen molar-refractivity contribution in [1.29, 1.82) is 0 Å². The van der Waals surface area contributed by atoms with E-state index in [0.29, 0.717) is 5.57 Å². The molecule has 26 heavy (non-hydrogen) atoms. The largest absolute Gasteiger partial charge is 0.465 e. The Morgan fingerprint density at radius 3 is 2.54 bits per heavy atom. The van der Waals surface area contributed by atoms with E-state index in [0.717, 1.165) is 30.4 Å². The first kappa shape index (κ1) is 20.4. The monoisotopic (exact) mass is 376 g/mol. The molecule has 0 unspecified atom stereocenters. The van der Waals surface area contributed by atoms with Crippen LogP contribution in [0.5, 0.6) is 0 Å². The fraction of sp³-hybridized carbons (Fsp3) is 0.409. The molecule has 0 atom stereocenters. The average molecular weight is 377 g/mol. The Hall–Kier alpha value is -1.87. The van der Waals surface area contributed by atoms with E-state index in [-0.39, 0.29) is 21.6 Å². The zero-order valence-corrected chi connectivity index (χ0v) is 16.9. The molecule has 1 aromatic carbocycles. The highest BCUT2D eigenvalue weighted by molar-refractivity contribution is 6.32. The molecule has 0 amide bonds. The summed E-state index contributed by atoms with van der Waals surface area (Å²) in [5.74, 6) is -0.924. The minimum atomic E-state index is -0.506. The van der Waals surface area contributed by atoms with E-state index in [1.807, 2.05) is 0 Å². The van der Waals surface area contributed by atoms with E-state index < -0.39 is 11.8 Å². The number of benzene rings is 1. The summed E-state index contributed by atoms with van der Waals surface area (Å²) in [5.41, 5.74) is 4.12. The van der Waals surface area contributed by atoms with Crippen LogP contribution in [0.15, 0.2) is 47.1 Å². The lowest BCUT2D eigenvalue weighted by molar-refractivity contribution is 0.0600. The summed E-state index contributed by atoms with van der Waals surface area (Å²) in [7, 11) is 1.29. The molecule has 2 rings (SSSR count). The summed E-state index contributed by atoms with van der Waals surface area (Å²) >= 11 is 6.22. The van der Waals surface area contributed by atoms with Crippen molar-refractivity contribution in [1.82, 2.24) is 0 Å². The number of carbonyl (C=O) groups excluding carboxylic acids is 1. The van der Waals surface area contributed by atoms with Crippen LogP contribution in [0, 0.1) is 5.41 Å². The highest BCUT2D eigenvalue weighted by Gasteiger charge is 2.31. The number of carbonyl (C=O) groups is 1. The maximum atomic E-state index is 15.2. The molecule has 0 bridgehead atoms. The van der Waals surface area contributed by atoms with Crippen molar-refractivity contribution >= 4 is 23.4 Å². The summed E-state index contributed by atoms with van der Waals surface area (Å²) in [6.07, 6.45) is 3.21. The zero-order valence-electron chi connectivity index (χ0n) is 16.1. The van der Waals surface area contributed by atoms with Gasteiger partial charge in [0.25, 0.3) is 0 Å². The molecule has 0 radical (unpaired) electrons. The van der Waals surface area contributed by atoms with Gasteiger partial charge in [-0.15, -0.1) is 0 Å². The molecular formula is C22H26ClFO2. The Morgan fingerprint density at radius 1 is 1.35 bits per heavy atom. The van der Waals surface area contributed by atoms with Gasteiger partial charge >= 0.3 is 5.97 Å². The highest BCUT2D eigenvalue weighted by atomic mass is 35.5. The van der Waals surface area contributed by atoms with E-state index in [9.17, 15) is 4.79 Å². The molecule has 0 N–H and O–H groups in total. The van der Waals surface area contributed by atoms with E-state index in [1.54, 1.807) is 6.92 Å². The molecule has 0 aromatic heterocycles. The lowest BCUT2D eigenvalue weighted by Crippen LogP contribution is -2.22. The summed E-state index contributed by atoms with van der Waals surface area (Å²) in [6, 6.07) is 4.44. The third-order valence-corrected chi connectivity index (χ3v) is 5.48. The third-order valence-electron chi connectivity index (χ3n) is 5.17. The van der Waals surface area contributed by atoms with Crippen molar-refractivity contribution in [3.8, 4) is 0 Å². The number of hydrogen-bond acceptors (Lipinski definition) is 2. The highest BCUT2D eigenvalue weighted by Crippen LogP contribution is 2.46. The summed E-state index contributed by atoms with van der Waals surface area (Å²) < 4.78 is 19.9. The van der Waals surface area contributed by atoms with Crippen molar-refractivity contribution in [2.75, 3.05) is 7.11 Å². The van der Waals surface area contributed by atoms with Gasteiger partial charge in [-0.1, -0.05) is 37.6 Å². The predicted molar refractivity (Wildman–Crippen MR) is 106 cm³/mol. The van der Waals surface area contributed by atoms with Crippen molar-refractivity contribution < 1.29 is 13.9 Å². The maximum Gasteiger partial charge on any atom is 0.337 e. The molecule has 140 valence electrons. The standard InChI is InChI=1S/C22H26ClFO2/c1-13-8-7-11-22(4,5)19(13)14(2)15(3)20(24)17-10-9-16(12-18(17)23)21(25)26-6/h9-10,12H,2,7-8,11H2,1,3-6H3. The first-order valence-corrected chi connectivity index (χ1v) is 9.12. The van der Waals surface area contributed by atoms with Crippen LogP contribution in [0.3, 0.4) is 0 Å². The van der Waals surface area contributed by atoms with E-state index >= 15 is 4.39 Å². The number of ether oxygens (including phenoxy) is 1. The normalized spacial score (nSPS) is 17.7. The summed E-state index contributed by atoms with van der Waals surface area (Å²) in [6.45, 7) is 12.4. The third kappa shape index (κ3) is 3.93. The number of halogens is 2. The minimum Gasteiger partial charge on any atom is -0.465 e. The van der Waals surface area contributed by atoms with Crippen LogP contribution in [0.1, 0.15) is 62.9 Å². The van der Waals surface area contributed by atoms with Gasteiger partial charge in [0.2, 0.25) is 0 Å². The van der Waals surface area contributed by atoms with E-state index in [1.165, 1.54) is 30.9 Å². The molecule has 0 aliphatic heterocycles. The van der Waals surface area contributed by atoms with Crippen molar-refractivity contribution in [3.63, 3.8) is 0 Å². The molecule has 0 heterocycles. The summed E-state index contributed by atoms with van der Waals surface area (Å²) in [4.78, 5) is 11.6. The Labute approximate surface area is 160 Å². The van der Waals surface area contributed by atoms with Gasteiger partial charge in [0.15, 0.2) is 0 Å². The zero-order chi connectivity index (χ0) is 19.6. The van der Waals surface area contributed by atoms with Gasteiger partial charge in [-0.3, -0.25) is 0 Å². The fourth-order valence-corrected chi connectivity index (χ4v) is 4.01. The smallest absolute Gasteiger partial charge is 0.337 e. The van der Waals surface area contributed by atoms with Crippen LogP contribution in [0.4, 0.5) is 4.39 Å². The Bertz CT molecular complexity index is 815. The lowest BCUT2D eigenvalue weighted by Gasteiger charge is -2.36. The molecule has 1 aromatic rings. The quantitative estimate of drug-likeness (QED) is 0.421. The van der Waals surface area contributed by atoms with Gasteiger partial charge in [0.1, 0.15) is 5.83 Å². The van der Waals surface area contributed by atoms with Gasteiger partial charge in [0, 0.05) is 5.56 Å². The maximum absolute atomic E-state index is 15.2. The van der Waals surface area contributed by atoms with Crippen LogP contribution < -0.4 is 0 Å². The average Bonchev–Trinajstić information content (AvgIpc) is 2.58. The first-order valence-electron chi connectivity index (χ1n) is 8.74. The molecule has 0 saturated carbocycles. The van der Waals surface area contributed by atoms with Gasteiger partial charge in [-0.2, -0.15) is 0 Å². The van der Waals surface area contributed by atoms with E-state index in [4.69, 9.17) is 11.6 Å². The summed E-state index contributed by atoms with van der Waals surface area (Å²) in [5, 5.41) is 0.172. The number of allylic oxidation sites excluding steroid dienone is 4. The second kappa shape index (κ2) is 7.79. The first-order chi connectivity index (χ1) is 12.1. The van der Waals surface area contributed by atoms with Gasteiger partial charge in [-0.25, -0.2) is 9.18 Å². The van der Waals surface area contributed by atoms with Crippen LogP contribution in [-0.2, 0) is 4.74 Å². The van der Waals surface area contributed by atoms with Gasteiger partial charge in [0.05, 0.1) is 17.7 Å². The SMILES string of the molecule is C=C(C(C)=C(F)c1ccc(C(=O)OC)cc1Cl)C1=C(C)CCCC1(C)C. The molecule has 0 spiro atoms. The molecule has 0 saturated heterocycles. The molecular weight excluding hydrogens is 351 g/mol. The van der Waals surface area contributed by atoms with E-state index in [2.05, 4.69) is 32.1 Å². The molecule has 2 nitrogen and oxygen atoms in total. The number of hydrogen-bond donors (Lipinski definition) is 0. The number of rotatable bonds is 4.